The van der Waals surface area contributed by atoms with Gasteiger partial charge in [-0.3, -0.25) is 18.8 Å². The molecule has 0 aromatic carbocycles. The van der Waals surface area contributed by atoms with E-state index < -0.39 is 0 Å². The van der Waals surface area contributed by atoms with Crippen molar-refractivity contribution in [1.29, 1.82) is 0 Å². The SMILES string of the molecule is CCCn1c(=O)n(C2CC2)c(=O)c2[nH]c(-c3ccc(N(CCN4CCOCC4)C(=O)n4cnc5nnncc54)[nH+]c3)nc21. The summed E-state index contributed by atoms with van der Waals surface area (Å²) >= 11 is 0. The smallest absolute Gasteiger partial charge is 0.379 e. The van der Waals surface area contributed by atoms with Crippen molar-refractivity contribution >= 4 is 34.2 Å². The van der Waals surface area contributed by atoms with Gasteiger partial charge in [0.25, 0.3) is 11.4 Å². The molecule has 0 bridgehead atoms. The highest BCUT2D eigenvalue weighted by atomic mass is 16.5. The van der Waals surface area contributed by atoms with Crippen LogP contribution < -0.4 is 21.1 Å². The Morgan fingerprint density at radius 2 is 2.02 bits per heavy atom. The molecule has 1 saturated heterocycles. The summed E-state index contributed by atoms with van der Waals surface area (Å²) in [6.07, 6.45) is 6.97. The number of aromatic amines is 2. The first-order chi connectivity index (χ1) is 21.0. The summed E-state index contributed by atoms with van der Waals surface area (Å²) in [5.74, 6) is 0.998. The number of morpholine rings is 1. The molecule has 0 atom stereocenters. The van der Waals surface area contributed by atoms with Crippen LogP contribution in [0.3, 0.4) is 0 Å². The third-order valence-corrected chi connectivity index (χ3v) is 7.87. The number of carbonyl (C=O) groups excluding carboxylic acids is 1. The number of nitrogens with one attached hydrogen (secondary N) is 2. The quantitative estimate of drug-likeness (QED) is 0.268. The van der Waals surface area contributed by atoms with Gasteiger partial charge in [-0.15, -0.1) is 10.2 Å². The van der Waals surface area contributed by atoms with E-state index in [1.165, 1.54) is 21.7 Å². The number of carbonyl (C=O) groups is 1. The Balaban J connectivity index is 1.23. The fourth-order valence-corrected chi connectivity index (χ4v) is 5.45. The number of H-pyrrole nitrogens is 2. The Morgan fingerprint density at radius 1 is 1.19 bits per heavy atom. The number of fused-ring (bicyclic) bond motifs is 2. The lowest BCUT2D eigenvalue weighted by molar-refractivity contribution is -0.362. The molecule has 2 fully saturated rings. The summed E-state index contributed by atoms with van der Waals surface area (Å²) in [4.78, 5) is 59.4. The minimum atomic E-state index is -0.346. The molecule has 1 saturated carbocycles. The fourth-order valence-electron chi connectivity index (χ4n) is 5.45. The lowest BCUT2D eigenvalue weighted by Gasteiger charge is -2.27. The number of aryl methyl sites for hydroxylation is 1. The molecule has 2 N–H and O–H groups in total. The van der Waals surface area contributed by atoms with Crippen molar-refractivity contribution in [3.8, 4) is 11.4 Å². The Bertz CT molecular complexity index is 1910. The van der Waals surface area contributed by atoms with Crippen molar-refractivity contribution in [2.45, 2.75) is 38.8 Å². The normalized spacial score (nSPS) is 15.8. The largest absolute Gasteiger partial charge is 0.421 e. The summed E-state index contributed by atoms with van der Waals surface area (Å²) in [7, 11) is 0. The second-order valence-electron chi connectivity index (χ2n) is 10.7. The van der Waals surface area contributed by atoms with Crippen LogP contribution in [0.25, 0.3) is 33.7 Å². The first-order valence-electron chi connectivity index (χ1n) is 14.4. The Labute approximate surface area is 244 Å². The van der Waals surface area contributed by atoms with Crippen LogP contribution in [0.1, 0.15) is 32.2 Å². The molecule has 0 unspecified atom stereocenters. The zero-order valence-corrected chi connectivity index (χ0v) is 23.6. The number of imidazole rings is 2. The molecule has 1 aliphatic carbocycles. The molecule has 5 aromatic heterocycles. The number of pyridine rings is 1. The molecule has 6 heterocycles. The lowest BCUT2D eigenvalue weighted by Crippen LogP contribution is -2.45. The summed E-state index contributed by atoms with van der Waals surface area (Å²) in [5, 5.41) is 11.3. The Kier molecular flexibility index (Phi) is 6.98. The number of anilines is 1. The molecule has 16 heteroatoms. The monoisotopic (exact) mass is 587 g/mol. The summed E-state index contributed by atoms with van der Waals surface area (Å²) in [5.41, 5.74) is 1.43. The second kappa shape index (κ2) is 11.1. The van der Waals surface area contributed by atoms with Gasteiger partial charge in [0.2, 0.25) is 5.65 Å². The van der Waals surface area contributed by atoms with Gasteiger partial charge in [-0.05, 0) is 30.5 Å². The highest BCUT2D eigenvalue weighted by Gasteiger charge is 2.31. The molecule has 43 heavy (non-hydrogen) atoms. The zero-order chi connectivity index (χ0) is 29.5. The van der Waals surface area contributed by atoms with Crippen LogP contribution in [0.2, 0.25) is 0 Å². The van der Waals surface area contributed by atoms with Gasteiger partial charge >= 0.3 is 11.7 Å². The van der Waals surface area contributed by atoms with Crippen LogP contribution in [-0.2, 0) is 11.3 Å². The molecule has 1 amide bonds. The molecule has 16 nitrogen and oxygen atoms in total. The number of hydrogen-bond donors (Lipinski definition) is 1. The molecule has 0 radical (unpaired) electrons. The van der Waals surface area contributed by atoms with Crippen LogP contribution in [0.15, 0.2) is 40.4 Å². The van der Waals surface area contributed by atoms with Crippen LogP contribution in [0.4, 0.5) is 10.6 Å². The van der Waals surface area contributed by atoms with Crippen molar-refractivity contribution in [2.24, 2.45) is 0 Å². The average molecular weight is 588 g/mol. The summed E-state index contributed by atoms with van der Waals surface area (Å²) in [6, 6.07) is 3.23. The van der Waals surface area contributed by atoms with Crippen molar-refractivity contribution in [3.63, 3.8) is 0 Å². The molecule has 1 aliphatic heterocycles. The number of aromatic nitrogens is 10. The van der Waals surface area contributed by atoms with Gasteiger partial charge < -0.3 is 9.72 Å². The van der Waals surface area contributed by atoms with Crippen molar-refractivity contribution in [1.82, 2.24) is 49.0 Å². The maximum Gasteiger partial charge on any atom is 0.421 e. The molecular formula is C27H31N12O4+. The molecule has 2 aliphatic rings. The number of ether oxygens (including phenoxy) is 1. The van der Waals surface area contributed by atoms with Gasteiger partial charge in [-0.25, -0.2) is 29.1 Å². The lowest BCUT2D eigenvalue weighted by atomic mass is 10.2. The third-order valence-electron chi connectivity index (χ3n) is 7.87. The van der Waals surface area contributed by atoms with Gasteiger partial charge in [0.05, 0.1) is 31.2 Å². The maximum absolute atomic E-state index is 13.8. The van der Waals surface area contributed by atoms with Crippen LogP contribution >= 0.6 is 0 Å². The standard InChI is InChI=1S/C27H30N12O4/c1-2-7-37-24-21(25(40)39(27(37)42)18-4-5-18)31-22(32-24)17-3-6-20(28-14-17)36(9-8-35-10-12-43-13-11-35)26(41)38-16-29-23-19(38)15-30-34-33-23/h3,6,14-16,18H,2,4-5,7-13H2,1H3,(H,31,32)/p+1. The van der Waals surface area contributed by atoms with E-state index in [9.17, 15) is 14.4 Å². The van der Waals surface area contributed by atoms with E-state index in [0.29, 0.717) is 72.4 Å². The summed E-state index contributed by atoms with van der Waals surface area (Å²) < 4.78 is 9.80. The number of nitrogens with zero attached hydrogens (tertiary/aromatic N) is 10. The predicted octanol–water partition coefficient (Wildman–Crippen LogP) is 0.454. The van der Waals surface area contributed by atoms with Crippen molar-refractivity contribution in [2.75, 3.05) is 44.3 Å². The number of amides is 1. The molecule has 222 valence electrons. The first kappa shape index (κ1) is 27.0. The predicted molar refractivity (Wildman–Crippen MR) is 154 cm³/mol. The van der Waals surface area contributed by atoms with Crippen LogP contribution in [0.5, 0.6) is 0 Å². The minimum absolute atomic E-state index is 0.0525. The van der Waals surface area contributed by atoms with Gasteiger partial charge in [-0.2, -0.15) is 4.90 Å². The third kappa shape index (κ3) is 4.97. The van der Waals surface area contributed by atoms with Gasteiger partial charge in [0.1, 0.15) is 29.7 Å². The molecule has 0 spiro atoms. The summed E-state index contributed by atoms with van der Waals surface area (Å²) in [6.45, 7) is 6.36. The van der Waals surface area contributed by atoms with Crippen LogP contribution in [0, 0.1) is 0 Å². The van der Waals surface area contributed by atoms with Gasteiger partial charge in [0.15, 0.2) is 5.65 Å². The highest BCUT2D eigenvalue weighted by molar-refractivity contribution is 5.97. The topological polar surface area (TPSA) is 176 Å². The molecule has 5 aromatic rings. The fraction of sp³-hybridized carbons (Fsp3) is 0.444. The number of hydrogen-bond acceptors (Lipinski definition) is 10. The average Bonchev–Trinajstić information content (AvgIpc) is 3.61. The van der Waals surface area contributed by atoms with E-state index in [2.05, 4.69) is 40.2 Å². The maximum atomic E-state index is 13.8. The van der Waals surface area contributed by atoms with E-state index in [1.54, 1.807) is 21.7 Å². The van der Waals surface area contributed by atoms with Crippen LogP contribution in [-0.4, -0.2) is 94.4 Å². The van der Waals surface area contributed by atoms with Crippen molar-refractivity contribution in [3.05, 3.63) is 51.7 Å². The Hall–Kier alpha value is -4.83. The second-order valence-corrected chi connectivity index (χ2v) is 10.7. The van der Waals surface area contributed by atoms with Gasteiger partial charge in [0, 0.05) is 38.3 Å². The Morgan fingerprint density at radius 3 is 2.77 bits per heavy atom. The number of rotatable bonds is 8. The highest BCUT2D eigenvalue weighted by Crippen LogP contribution is 2.32. The van der Waals surface area contributed by atoms with Crippen molar-refractivity contribution < 1.29 is 14.5 Å². The molecular weight excluding hydrogens is 556 g/mol. The van der Waals surface area contributed by atoms with E-state index in [4.69, 9.17) is 4.74 Å². The van der Waals surface area contributed by atoms with E-state index in [0.717, 1.165) is 32.4 Å². The first-order valence-corrected chi connectivity index (χ1v) is 14.4. The van der Waals surface area contributed by atoms with Gasteiger partial charge in [-0.1, -0.05) is 6.92 Å². The zero-order valence-electron chi connectivity index (χ0n) is 23.6. The molecule has 7 rings (SSSR count). The van der Waals surface area contributed by atoms with E-state index >= 15 is 0 Å². The van der Waals surface area contributed by atoms with E-state index in [-0.39, 0.29) is 23.3 Å². The minimum Gasteiger partial charge on any atom is -0.379 e. The van der Waals surface area contributed by atoms with E-state index in [1.807, 2.05) is 13.0 Å².